The van der Waals surface area contributed by atoms with E-state index < -0.39 is 0 Å². The van der Waals surface area contributed by atoms with Gasteiger partial charge in [-0.15, -0.1) is 10.2 Å². The van der Waals surface area contributed by atoms with Crippen LogP contribution < -0.4 is 4.74 Å². The number of aromatic nitrogens is 3. The molecular weight excluding hydrogens is 273 g/mol. The molecule has 1 heterocycles. The monoisotopic (exact) mass is 281 g/mol. The number of fused-ring (bicyclic) bond motifs is 1. The highest BCUT2D eigenvalue weighted by Crippen LogP contribution is 2.30. The lowest BCUT2D eigenvalue weighted by molar-refractivity contribution is 0.457. The Morgan fingerprint density at radius 3 is 2.78 bits per heavy atom. The molecule has 0 atom stereocenters. The van der Waals surface area contributed by atoms with E-state index in [-0.39, 0.29) is 16.3 Å². The second kappa shape index (κ2) is 4.71. The van der Waals surface area contributed by atoms with Crippen LogP contribution in [-0.2, 0) is 12.8 Å². The van der Waals surface area contributed by atoms with Gasteiger partial charge in [0.2, 0.25) is 10.4 Å². The van der Waals surface area contributed by atoms with Gasteiger partial charge in [0.25, 0.3) is 5.88 Å². The number of hydrogen-bond acceptors (Lipinski definition) is 4. The second-order valence-electron chi connectivity index (χ2n) is 4.06. The van der Waals surface area contributed by atoms with E-state index in [1.54, 1.807) is 0 Å². The highest BCUT2D eigenvalue weighted by atomic mass is 35.5. The number of ether oxygens (including phenoxy) is 1. The molecule has 4 nitrogen and oxygen atoms in total. The summed E-state index contributed by atoms with van der Waals surface area (Å²) in [6.07, 6.45) is 3.42. The highest BCUT2D eigenvalue weighted by Gasteiger charge is 2.13. The molecule has 1 aliphatic carbocycles. The van der Waals surface area contributed by atoms with Gasteiger partial charge < -0.3 is 4.74 Å². The van der Waals surface area contributed by atoms with Gasteiger partial charge in [0, 0.05) is 0 Å². The number of aryl methyl sites for hydroxylation is 2. The standard InChI is InChI=1S/C12H9Cl2N3O/c13-10-11(15-12(14)17-16-10)18-9-5-4-7-2-1-3-8(7)6-9/h4-6H,1-3H2. The van der Waals surface area contributed by atoms with Crippen LogP contribution in [0.2, 0.25) is 10.4 Å². The minimum Gasteiger partial charge on any atom is -0.436 e. The SMILES string of the molecule is Clc1nnc(Cl)c(Oc2ccc3c(c2)CCC3)n1. The fraction of sp³-hybridized carbons (Fsp3) is 0.250. The van der Waals surface area contributed by atoms with Crippen molar-refractivity contribution in [2.45, 2.75) is 19.3 Å². The van der Waals surface area contributed by atoms with E-state index >= 15 is 0 Å². The Labute approximate surface area is 114 Å². The van der Waals surface area contributed by atoms with Crippen molar-refractivity contribution in [2.75, 3.05) is 0 Å². The number of hydrogen-bond donors (Lipinski definition) is 0. The summed E-state index contributed by atoms with van der Waals surface area (Å²) in [6.45, 7) is 0. The lowest BCUT2D eigenvalue weighted by Crippen LogP contribution is -1.95. The summed E-state index contributed by atoms with van der Waals surface area (Å²) in [5, 5.41) is 7.28. The van der Waals surface area contributed by atoms with E-state index in [0.717, 1.165) is 12.8 Å². The Morgan fingerprint density at radius 1 is 1.06 bits per heavy atom. The van der Waals surface area contributed by atoms with Crippen LogP contribution in [0.4, 0.5) is 0 Å². The molecule has 1 aromatic heterocycles. The Morgan fingerprint density at radius 2 is 1.89 bits per heavy atom. The molecule has 0 unspecified atom stereocenters. The zero-order valence-electron chi connectivity index (χ0n) is 9.36. The molecule has 0 amide bonds. The number of rotatable bonds is 2. The van der Waals surface area contributed by atoms with Crippen molar-refractivity contribution >= 4 is 23.2 Å². The Kier molecular flexibility index (Phi) is 3.06. The number of nitrogens with zero attached hydrogens (tertiary/aromatic N) is 3. The molecule has 0 bridgehead atoms. The summed E-state index contributed by atoms with van der Waals surface area (Å²) in [5.74, 6) is 0.865. The highest BCUT2D eigenvalue weighted by molar-refractivity contribution is 6.31. The zero-order valence-corrected chi connectivity index (χ0v) is 10.9. The number of benzene rings is 1. The third-order valence-electron chi connectivity index (χ3n) is 2.88. The molecule has 3 rings (SSSR count). The minimum absolute atomic E-state index is 0.00978. The van der Waals surface area contributed by atoms with Crippen LogP contribution in [0.3, 0.4) is 0 Å². The average Bonchev–Trinajstić information content (AvgIpc) is 2.81. The summed E-state index contributed by atoms with van der Waals surface area (Å²) in [5.41, 5.74) is 2.70. The van der Waals surface area contributed by atoms with Crippen molar-refractivity contribution in [1.29, 1.82) is 0 Å². The molecule has 1 aliphatic rings. The van der Waals surface area contributed by atoms with Crippen LogP contribution in [-0.4, -0.2) is 15.2 Å². The van der Waals surface area contributed by atoms with Crippen LogP contribution in [0.1, 0.15) is 17.5 Å². The van der Waals surface area contributed by atoms with Crippen molar-refractivity contribution in [3.63, 3.8) is 0 Å². The van der Waals surface area contributed by atoms with E-state index in [1.165, 1.54) is 17.5 Å². The molecule has 0 saturated carbocycles. The van der Waals surface area contributed by atoms with E-state index in [0.29, 0.717) is 5.75 Å². The van der Waals surface area contributed by atoms with Crippen molar-refractivity contribution < 1.29 is 4.74 Å². The maximum atomic E-state index is 5.84. The van der Waals surface area contributed by atoms with Crippen LogP contribution in [0, 0.1) is 0 Å². The third-order valence-corrected chi connectivity index (χ3v) is 3.27. The molecule has 2 aromatic rings. The van der Waals surface area contributed by atoms with E-state index in [4.69, 9.17) is 27.9 Å². The first-order valence-corrected chi connectivity index (χ1v) is 6.33. The molecular formula is C12H9Cl2N3O. The summed E-state index contributed by atoms with van der Waals surface area (Å²) in [6, 6.07) is 5.98. The second-order valence-corrected chi connectivity index (χ2v) is 4.76. The normalized spacial score (nSPS) is 13.4. The summed E-state index contributed by atoms with van der Waals surface area (Å²) >= 11 is 11.5. The average molecular weight is 282 g/mol. The zero-order chi connectivity index (χ0) is 12.5. The van der Waals surface area contributed by atoms with E-state index in [1.807, 2.05) is 12.1 Å². The quantitative estimate of drug-likeness (QED) is 0.846. The van der Waals surface area contributed by atoms with Crippen LogP contribution in [0.5, 0.6) is 11.6 Å². The molecule has 0 radical (unpaired) electrons. The maximum absolute atomic E-state index is 5.84. The fourth-order valence-electron chi connectivity index (χ4n) is 2.07. The number of halogens is 2. The lowest BCUT2D eigenvalue weighted by Gasteiger charge is -2.07. The largest absolute Gasteiger partial charge is 0.436 e. The molecule has 0 N–H and O–H groups in total. The summed E-state index contributed by atoms with van der Waals surface area (Å²) < 4.78 is 5.59. The molecule has 0 aliphatic heterocycles. The van der Waals surface area contributed by atoms with Crippen molar-refractivity contribution in [1.82, 2.24) is 15.2 Å². The van der Waals surface area contributed by atoms with Crippen molar-refractivity contribution in [3.05, 3.63) is 39.8 Å². The minimum atomic E-state index is 0.00978. The van der Waals surface area contributed by atoms with Crippen molar-refractivity contribution in [3.8, 4) is 11.6 Å². The summed E-state index contributed by atoms with van der Waals surface area (Å²) in [4.78, 5) is 3.90. The summed E-state index contributed by atoms with van der Waals surface area (Å²) in [7, 11) is 0. The molecule has 92 valence electrons. The van der Waals surface area contributed by atoms with Gasteiger partial charge in [-0.3, -0.25) is 0 Å². The first kappa shape index (κ1) is 11.7. The van der Waals surface area contributed by atoms with Gasteiger partial charge in [0.05, 0.1) is 0 Å². The maximum Gasteiger partial charge on any atom is 0.262 e. The molecule has 6 heteroatoms. The predicted molar refractivity (Wildman–Crippen MR) is 68.4 cm³/mol. The topological polar surface area (TPSA) is 47.9 Å². The van der Waals surface area contributed by atoms with Gasteiger partial charge in [-0.2, -0.15) is 4.98 Å². The third kappa shape index (κ3) is 2.26. The molecule has 0 spiro atoms. The van der Waals surface area contributed by atoms with E-state index in [9.17, 15) is 0 Å². The van der Waals surface area contributed by atoms with Gasteiger partial charge in [-0.05, 0) is 54.1 Å². The van der Waals surface area contributed by atoms with Gasteiger partial charge in [-0.1, -0.05) is 17.7 Å². The fourth-order valence-corrected chi connectivity index (χ4v) is 2.30. The van der Waals surface area contributed by atoms with Crippen LogP contribution >= 0.6 is 23.2 Å². The van der Waals surface area contributed by atoms with Gasteiger partial charge in [0.1, 0.15) is 5.75 Å². The molecule has 0 fully saturated rings. The Balaban J connectivity index is 1.90. The Hall–Kier alpha value is -1.39. The molecule has 1 aromatic carbocycles. The first-order valence-electron chi connectivity index (χ1n) is 5.58. The smallest absolute Gasteiger partial charge is 0.262 e. The van der Waals surface area contributed by atoms with Gasteiger partial charge in [-0.25, -0.2) is 0 Å². The molecule has 0 saturated heterocycles. The van der Waals surface area contributed by atoms with Crippen LogP contribution in [0.25, 0.3) is 0 Å². The predicted octanol–water partition coefficient (Wildman–Crippen LogP) is 3.46. The molecule has 18 heavy (non-hydrogen) atoms. The van der Waals surface area contributed by atoms with Crippen molar-refractivity contribution in [2.24, 2.45) is 0 Å². The van der Waals surface area contributed by atoms with Crippen LogP contribution in [0.15, 0.2) is 18.2 Å². The van der Waals surface area contributed by atoms with Gasteiger partial charge in [0.15, 0.2) is 0 Å². The lowest BCUT2D eigenvalue weighted by atomic mass is 10.1. The van der Waals surface area contributed by atoms with E-state index in [2.05, 4.69) is 21.2 Å². The Bertz CT molecular complexity index is 604. The first-order chi connectivity index (χ1) is 8.72. The van der Waals surface area contributed by atoms with Gasteiger partial charge >= 0.3 is 0 Å².